The number of nitrogens with two attached hydrogens (primary N) is 1. The van der Waals surface area contributed by atoms with E-state index in [2.05, 4.69) is 58.1 Å². The third-order valence-electron chi connectivity index (χ3n) is 12.1. The molecular formula is C31H49N3O2S. The fourth-order valence-electron chi connectivity index (χ4n) is 9.65. The summed E-state index contributed by atoms with van der Waals surface area (Å²) in [5.41, 5.74) is 12.8. The molecule has 0 spiro atoms. The van der Waals surface area contributed by atoms with Gasteiger partial charge in [-0.1, -0.05) is 59.3 Å². The van der Waals surface area contributed by atoms with Crippen LogP contribution in [0, 0.1) is 45.3 Å². The Labute approximate surface area is 229 Å². The van der Waals surface area contributed by atoms with E-state index in [9.17, 15) is 9.90 Å². The molecule has 0 aliphatic heterocycles. The number of carboxylic acids is 1. The Bertz CT molecular complexity index is 1050. The van der Waals surface area contributed by atoms with Gasteiger partial charge >= 0.3 is 5.97 Å². The standard InChI is InChI=1S/C31H49N3O2S/c1-19(9-8-10-20(2)26(35)36)21-13-17-31(7)23-11-12-24-28(3,4)25(33-34-27(32)37)15-16-29(24,5)22(23)14-18-30(21,31)6/h10-11,19,21-22,24H,8-9,12-18H2,1-7H3,(H,35,36)(H3,32,34,37). The fourth-order valence-corrected chi connectivity index (χ4v) is 9.70. The second-order valence-corrected chi connectivity index (χ2v) is 14.4. The molecule has 0 saturated heterocycles. The minimum absolute atomic E-state index is 0.00277. The number of hydrogen-bond acceptors (Lipinski definition) is 3. The maximum atomic E-state index is 11.2. The predicted molar refractivity (Wildman–Crippen MR) is 156 cm³/mol. The summed E-state index contributed by atoms with van der Waals surface area (Å²) in [6.45, 7) is 16.6. The Morgan fingerprint density at radius 2 is 1.95 bits per heavy atom. The van der Waals surface area contributed by atoms with Crippen LogP contribution in [-0.4, -0.2) is 21.9 Å². The van der Waals surface area contributed by atoms with Gasteiger partial charge in [0.05, 0.1) is 0 Å². The molecule has 5 nitrogen and oxygen atoms in total. The lowest BCUT2D eigenvalue weighted by atomic mass is 9.41. The number of aliphatic carboxylic acids is 1. The number of nitrogens with one attached hydrogen (secondary N) is 1. The molecule has 0 bridgehead atoms. The molecular weight excluding hydrogens is 478 g/mol. The third-order valence-corrected chi connectivity index (χ3v) is 12.2. The Morgan fingerprint density at radius 1 is 1.24 bits per heavy atom. The number of rotatable bonds is 6. The summed E-state index contributed by atoms with van der Waals surface area (Å²) < 4.78 is 0. The first-order valence-electron chi connectivity index (χ1n) is 14.4. The van der Waals surface area contributed by atoms with Crippen molar-refractivity contribution < 1.29 is 9.90 Å². The molecule has 0 amide bonds. The summed E-state index contributed by atoms with van der Waals surface area (Å²) in [6, 6.07) is 0. The minimum atomic E-state index is -0.800. The minimum Gasteiger partial charge on any atom is -0.478 e. The molecule has 4 N–H and O–H groups in total. The number of carbonyl (C=O) groups is 1. The average molecular weight is 528 g/mol. The summed E-state index contributed by atoms with van der Waals surface area (Å²) >= 11 is 5.01. The van der Waals surface area contributed by atoms with Gasteiger partial charge < -0.3 is 10.8 Å². The molecule has 4 aliphatic carbocycles. The van der Waals surface area contributed by atoms with Gasteiger partial charge in [0.2, 0.25) is 0 Å². The first kappa shape index (κ1) is 28.3. The monoisotopic (exact) mass is 527 g/mol. The zero-order valence-corrected chi connectivity index (χ0v) is 24.9. The van der Waals surface area contributed by atoms with Crippen LogP contribution < -0.4 is 11.2 Å². The Morgan fingerprint density at radius 3 is 2.59 bits per heavy atom. The molecule has 4 rings (SSSR count). The maximum absolute atomic E-state index is 11.2. The highest BCUT2D eigenvalue weighted by Crippen LogP contribution is 2.73. The van der Waals surface area contributed by atoms with Crippen LogP contribution in [0.15, 0.2) is 28.4 Å². The predicted octanol–water partition coefficient (Wildman–Crippen LogP) is 7.23. The third kappa shape index (κ3) is 4.49. The zero-order valence-electron chi connectivity index (χ0n) is 24.1. The van der Waals surface area contributed by atoms with E-state index in [-0.39, 0.29) is 21.4 Å². The SMILES string of the molecule is CC(=CCCC(C)C1CCC2(C)C3=CCC4C(C)(C)C(=NNC(N)=S)CCC4(C)C3CCC12C)C(=O)O. The van der Waals surface area contributed by atoms with Gasteiger partial charge in [0.1, 0.15) is 0 Å². The van der Waals surface area contributed by atoms with Crippen molar-refractivity contribution in [3.63, 3.8) is 0 Å². The van der Waals surface area contributed by atoms with Gasteiger partial charge in [0.25, 0.3) is 0 Å². The van der Waals surface area contributed by atoms with Crippen LogP contribution in [0.2, 0.25) is 0 Å². The highest BCUT2D eigenvalue weighted by atomic mass is 32.1. The van der Waals surface area contributed by atoms with Crippen molar-refractivity contribution in [3.8, 4) is 0 Å². The van der Waals surface area contributed by atoms with Crippen molar-refractivity contribution in [1.82, 2.24) is 5.43 Å². The number of carboxylic acid groups (broad SMARTS) is 1. The second kappa shape index (κ2) is 9.81. The molecule has 0 aromatic heterocycles. The van der Waals surface area contributed by atoms with Crippen LogP contribution in [0.4, 0.5) is 0 Å². The zero-order chi connectivity index (χ0) is 27.4. The van der Waals surface area contributed by atoms with Gasteiger partial charge in [0.15, 0.2) is 5.11 Å². The lowest BCUT2D eigenvalue weighted by molar-refractivity contribution is -0.132. The molecule has 0 aromatic rings. The van der Waals surface area contributed by atoms with E-state index < -0.39 is 5.97 Å². The highest BCUT2D eigenvalue weighted by molar-refractivity contribution is 7.80. The van der Waals surface area contributed by atoms with Crippen LogP contribution in [-0.2, 0) is 4.79 Å². The molecule has 206 valence electrons. The molecule has 6 heteroatoms. The normalized spacial score (nSPS) is 40.7. The van der Waals surface area contributed by atoms with E-state index in [4.69, 9.17) is 18.0 Å². The van der Waals surface area contributed by atoms with Crippen molar-refractivity contribution in [3.05, 3.63) is 23.3 Å². The van der Waals surface area contributed by atoms with Crippen LogP contribution in [0.25, 0.3) is 0 Å². The molecule has 4 aliphatic rings. The van der Waals surface area contributed by atoms with E-state index >= 15 is 0 Å². The first-order chi connectivity index (χ1) is 17.2. The van der Waals surface area contributed by atoms with Gasteiger partial charge in [-0.3, -0.25) is 5.43 Å². The number of allylic oxidation sites excluding steroid dienone is 3. The number of hydrazone groups is 1. The van der Waals surface area contributed by atoms with Crippen LogP contribution in [0.1, 0.15) is 106 Å². The van der Waals surface area contributed by atoms with Crippen LogP contribution >= 0.6 is 12.2 Å². The summed E-state index contributed by atoms with van der Waals surface area (Å²) in [5.74, 6) is 1.69. The molecule has 37 heavy (non-hydrogen) atoms. The molecule has 0 radical (unpaired) electrons. The number of fused-ring (bicyclic) bond motifs is 5. The molecule has 7 atom stereocenters. The van der Waals surface area contributed by atoms with Crippen molar-refractivity contribution in [2.75, 3.05) is 0 Å². The van der Waals surface area contributed by atoms with Crippen LogP contribution in [0.5, 0.6) is 0 Å². The van der Waals surface area contributed by atoms with Crippen LogP contribution in [0.3, 0.4) is 0 Å². The first-order valence-corrected chi connectivity index (χ1v) is 14.8. The van der Waals surface area contributed by atoms with Crippen molar-refractivity contribution in [1.29, 1.82) is 0 Å². The molecule has 3 fully saturated rings. The molecule has 3 saturated carbocycles. The van der Waals surface area contributed by atoms with Crippen molar-refractivity contribution in [2.24, 2.45) is 56.2 Å². The van der Waals surface area contributed by atoms with Gasteiger partial charge in [-0.2, -0.15) is 5.10 Å². The van der Waals surface area contributed by atoms with Crippen molar-refractivity contribution in [2.45, 2.75) is 106 Å². The molecule has 7 unspecified atom stereocenters. The van der Waals surface area contributed by atoms with Gasteiger partial charge in [-0.15, -0.1) is 0 Å². The van der Waals surface area contributed by atoms with E-state index in [0.29, 0.717) is 34.7 Å². The maximum Gasteiger partial charge on any atom is 0.330 e. The largest absolute Gasteiger partial charge is 0.478 e. The van der Waals surface area contributed by atoms with Gasteiger partial charge in [-0.25, -0.2) is 4.79 Å². The molecule has 0 heterocycles. The summed E-state index contributed by atoms with van der Waals surface area (Å²) in [5, 5.41) is 14.1. The smallest absolute Gasteiger partial charge is 0.330 e. The van der Waals surface area contributed by atoms with Gasteiger partial charge in [-0.05, 0) is 117 Å². The highest BCUT2D eigenvalue weighted by Gasteiger charge is 2.65. The Hall–Kier alpha value is -1.69. The summed E-state index contributed by atoms with van der Waals surface area (Å²) in [4.78, 5) is 11.2. The Balaban J connectivity index is 1.58. The van der Waals surface area contributed by atoms with Gasteiger partial charge in [0, 0.05) is 16.7 Å². The summed E-state index contributed by atoms with van der Waals surface area (Å²) in [7, 11) is 0. The topological polar surface area (TPSA) is 87.7 Å². The van der Waals surface area contributed by atoms with E-state index in [1.807, 2.05) is 6.08 Å². The van der Waals surface area contributed by atoms with E-state index in [1.165, 1.54) is 37.8 Å². The van der Waals surface area contributed by atoms with E-state index in [0.717, 1.165) is 25.7 Å². The van der Waals surface area contributed by atoms with Crippen molar-refractivity contribution >= 4 is 29.0 Å². The lowest BCUT2D eigenvalue weighted by Crippen LogP contribution is -2.57. The quantitative estimate of drug-likeness (QED) is 0.147. The summed E-state index contributed by atoms with van der Waals surface area (Å²) in [6.07, 6.45) is 14.9. The average Bonchev–Trinajstić information content (AvgIpc) is 3.09. The Kier molecular flexibility index (Phi) is 7.51. The number of hydrogen-bond donors (Lipinski definition) is 3. The lowest BCUT2D eigenvalue weighted by Gasteiger charge is -2.63. The number of nitrogens with zero attached hydrogens (tertiary/aromatic N) is 1. The van der Waals surface area contributed by atoms with E-state index in [1.54, 1.807) is 12.5 Å². The molecule has 0 aromatic carbocycles. The number of thiocarbonyl (C=S) groups is 1. The second-order valence-electron chi connectivity index (χ2n) is 13.9. The fraction of sp³-hybridized carbons (Fsp3) is 0.774.